The first-order chi connectivity index (χ1) is 8.90. The van der Waals surface area contributed by atoms with Crippen molar-refractivity contribution in [3.8, 4) is 0 Å². The molecule has 3 aliphatic rings. The lowest BCUT2D eigenvalue weighted by molar-refractivity contribution is -0.162. The maximum absolute atomic E-state index is 11.7. The molecule has 5 atom stereocenters. The van der Waals surface area contributed by atoms with Crippen LogP contribution in [0.25, 0.3) is 0 Å². The van der Waals surface area contributed by atoms with Gasteiger partial charge in [-0.25, -0.2) is 4.79 Å². The van der Waals surface area contributed by atoms with Gasteiger partial charge < -0.3 is 9.47 Å². The molecule has 2 saturated heterocycles. The molecule has 0 aromatic rings. The van der Waals surface area contributed by atoms with Crippen molar-refractivity contribution in [2.45, 2.75) is 39.2 Å². The third-order valence-electron chi connectivity index (χ3n) is 5.24. The second kappa shape index (κ2) is 4.09. The smallest absolute Gasteiger partial charge is 0.334 e. The number of carbonyl (C=O) groups excluding carboxylic acids is 2. The minimum Gasteiger partial charge on any atom is -0.465 e. The zero-order valence-corrected chi connectivity index (χ0v) is 11.5. The summed E-state index contributed by atoms with van der Waals surface area (Å²) < 4.78 is 10.7. The van der Waals surface area contributed by atoms with Gasteiger partial charge in [-0.15, -0.1) is 0 Å². The van der Waals surface area contributed by atoms with Crippen LogP contribution in [0.1, 0.15) is 33.1 Å². The molecule has 4 nitrogen and oxygen atoms in total. The summed E-state index contributed by atoms with van der Waals surface area (Å²) in [4.78, 5) is 23.2. The van der Waals surface area contributed by atoms with E-state index in [1.807, 2.05) is 0 Å². The van der Waals surface area contributed by atoms with Crippen molar-refractivity contribution in [3.63, 3.8) is 0 Å². The molecule has 0 N–H and O–H groups in total. The predicted molar refractivity (Wildman–Crippen MR) is 68.1 cm³/mol. The fraction of sp³-hybridized carbons (Fsp3) is 0.733. The maximum atomic E-state index is 11.7. The van der Waals surface area contributed by atoms with Crippen LogP contribution in [0.3, 0.4) is 0 Å². The summed E-state index contributed by atoms with van der Waals surface area (Å²) in [6, 6.07) is 0. The van der Waals surface area contributed by atoms with Gasteiger partial charge >= 0.3 is 11.9 Å². The lowest BCUT2D eigenvalue weighted by atomic mass is 9.66. The van der Waals surface area contributed by atoms with E-state index in [4.69, 9.17) is 9.47 Å². The second-order valence-corrected chi connectivity index (χ2v) is 6.62. The van der Waals surface area contributed by atoms with Gasteiger partial charge in [-0.2, -0.15) is 0 Å². The second-order valence-electron chi connectivity index (χ2n) is 6.62. The number of esters is 2. The molecule has 3 fully saturated rings. The SMILES string of the molecule is C=C1C(=O)O[C@H]2C[C@@H](C)[C@H]3CC(=O)OC[C@]3(C)C[C@@H]12. The minimum atomic E-state index is -0.253. The van der Waals surface area contributed by atoms with Gasteiger partial charge in [0.05, 0.1) is 6.61 Å². The van der Waals surface area contributed by atoms with Crippen LogP contribution in [-0.2, 0) is 19.1 Å². The first kappa shape index (κ1) is 12.7. The number of cyclic esters (lactones) is 1. The molecule has 0 aromatic carbocycles. The summed E-state index contributed by atoms with van der Waals surface area (Å²) in [5, 5.41) is 0. The first-order valence-corrected chi connectivity index (χ1v) is 6.96. The molecule has 0 bridgehead atoms. The highest BCUT2D eigenvalue weighted by atomic mass is 16.6. The van der Waals surface area contributed by atoms with Gasteiger partial charge in [-0.05, 0) is 24.7 Å². The minimum absolute atomic E-state index is 0.0625. The molecule has 0 unspecified atom stereocenters. The number of fused-ring (bicyclic) bond motifs is 2. The summed E-state index contributed by atoms with van der Waals surface area (Å²) in [5.41, 5.74) is 0.528. The van der Waals surface area contributed by atoms with Crippen LogP contribution in [0.4, 0.5) is 0 Å². The summed E-state index contributed by atoms with van der Waals surface area (Å²) in [7, 11) is 0. The molecule has 19 heavy (non-hydrogen) atoms. The van der Waals surface area contributed by atoms with Gasteiger partial charge in [0.15, 0.2) is 0 Å². The Morgan fingerprint density at radius 1 is 1.37 bits per heavy atom. The molecule has 2 aliphatic heterocycles. The lowest BCUT2D eigenvalue weighted by Gasteiger charge is -2.42. The molecule has 1 aliphatic carbocycles. The van der Waals surface area contributed by atoms with Gasteiger partial charge in [0.2, 0.25) is 0 Å². The van der Waals surface area contributed by atoms with Crippen molar-refractivity contribution in [1.29, 1.82) is 0 Å². The molecule has 0 amide bonds. The van der Waals surface area contributed by atoms with Crippen LogP contribution >= 0.6 is 0 Å². The van der Waals surface area contributed by atoms with Crippen molar-refractivity contribution in [3.05, 3.63) is 12.2 Å². The van der Waals surface area contributed by atoms with E-state index in [0.29, 0.717) is 30.4 Å². The summed E-state index contributed by atoms with van der Waals surface area (Å²) in [5.74, 6) is 0.397. The third kappa shape index (κ3) is 1.88. The topological polar surface area (TPSA) is 52.6 Å². The zero-order chi connectivity index (χ0) is 13.8. The molecule has 0 aromatic heterocycles. The Bertz CT molecular complexity index is 455. The Hall–Kier alpha value is -1.32. The van der Waals surface area contributed by atoms with Crippen molar-refractivity contribution in [2.24, 2.45) is 23.2 Å². The molecule has 0 radical (unpaired) electrons. The first-order valence-electron chi connectivity index (χ1n) is 6.96. The number of hydrogen-bond donors (Lipinski definition) is 0. The van der Waals surface area contributed by atoms with E-state index in [1.54, 1.807) is 0 Å². The Labute approximate surface area is 113 Å². The van der Waals surface area contributed by atoms with E-state index < -0.39 is 0 Å². The van der Waals surface area contributed by atoms with Gasteiger partial charge in [-0.1, -0.05) is 20.4 Å². The van der Waals surface area contributed by atoms with Gasteiger partial charge in [-0.3, -0.25) is 4.79 Å². The van der Waals surface area contributed by atoms with E-state index in [9.17, 15) is 9.59 Å². The van der Waals surface area contributed by atoms with Crippen LogP contribution in [0.5, 0.6) is 0 Å². The summed E-state index contributed by atoms with van der Waals surface area (Å²) in [6.45, 7) is 8.65. The molecule has 4 heteroatoms. The molecular weight excluding hydrogens is 244 g/mol. The number of ether oxygens (including phenoxy) is 2. The average molecular weight is 264 g/mol. The van der Waals surface area contributed by atoms with Crippen molar-refractivity contribution < 1.29 is 19.1 Å². The van der Waals surface area contributed by atoms with Crippen LogP contribution in [0.15, 0.2) is 12.2 Å². The fourth-order valence-electron chi connectivity index (χ4n) is 4.11. The fourth-order valence-corrected chi connectivity index (χ4v) is 4.11. The third-order valence-corrected chi connectivity index (χ3v) is 5.24. The van der Waals surface area contributed by atoms with Crippen molar-refractivity contribution in [2.75, 3.05) is 6.61 Å². The number of hydrogen-bond acceptors (Lipinski definition) is 4. The molecule has 0 spiro atoms. The van der Waals surface area contributed by atoms with Gasteiger partial charge in [0.25, 0.3) is 0 Å². The van der Waals surface area contributed by atoms with E-state index >= 15 is 0 Å². The number of carbonyl (C=O) groups is 2. The van der Waals surface area contributed by atoms with Crippen LogP contribution in [0.2, 0.25) is 0 Å². The van der Waals surface area contributed by atoms with Crippen LogP contribution in [-0.4, -0.2) is 24.6 Å². The molecule has 3 rings (SSSR count). The highest BCUT2D eigenvalue weighted by Crippen LogP contribution is 2.52. The van der Waals surface area contributed by atoms with E-state index in [2.05, 4.69) is 20.4 Å². The quantitative estimate of drug-likeness (QED) is 0.496. The summed E-state index contributed by atoms with van der Waals surface area (Å²) >= 11 is 0. The Morgan fingerprint density at radius 3 is 2.84 bits per heavy atom. The average Bonchev–Trinajstić information content (AvgIpc) is 2.54. The largest absolute Gasteiger partial charge is 0.465 e. The monoisotopic (exact) mass is 264 g/mol. The van der Waals surface area contributed by atoms with Crippen LogP contribution in [0, 0.1) is 23.2 Å². The highest BCUT2D eigenvalue weighted by molar-refractivity contribution is 5.90. The molecule has 1 saturated carbocycles. The van der Waals surface area contributed by atoms with E-state index in [1.165, 1.54) is 0 Å². The zero-order valence-electron chi connectivity index (χ0n) is 11.5. The van der Waals surface area contributed by atoms with Crippen molar-refractivity contribution >= 4 is 11.9 Å². The Balaban J connectivity index is 1.93. The summed E-state index contributed by atoms with van der Waals surface area (Å²) in [6.07, 6.45) is 2.07. The predicted octanol–water partition coefficient (Wildman–Crippen LogP) is 2.08. The van der Waals surface area contributed by atoms with Crippen molar-refractivity contribution in [1.82, 2.24) is 0 Å². The molecule has 2 heterocycles. The Kier molecular flexibility index (Phi) is 2.73. The molecular formula is C15H20O4. The number of rotatable bonds is 0. The standard InChI is InChI=1S/C15H20O4/c1-8-4-12-10(9(2)14(17)19-12)6-15(3)7-18-13(16)5-11(8)15/h8,10-12H,2,4-7H2,1,3H3/t8-,10+,11-,12+,15+/m1/s1. The van der Waals surface area contributed by atoms with Crippen LogP contribution < -0.4 is 0 Å². The van der Waals surface area contributed by atoms with Gasteiger partial charge in [0.1, 0.15) is 6.10 Å². The van der Waals surface area contributed by atoms with E-state index in [0.717, 1.165) is 12.8 Å². The Morgan fingerprint density at radius 2 is 2.11 bits per heavy atom. The molecule has 104 valence electrons. The highest BCUT2D eigenvalue weighted by Gasteiger charge is 2.52. The maximum Gasteiger partial charge on any atom is 0.334 e. The lowest BCUT2D eigenvalue weighted by Crippen LogP contribution is -2.42. The van der Waals surface area contributed by atoms with Gasteiger partial charge in [0, 0.05) is 23.3 Å². The van der Waals surface area contributed by atoms with E-state index in [-0.39, 0.29) is 29.4 Å². The normalized spacial score (nSPS) is 45.9.